The first-order valence-corrected chi connectivity index (χ1v) is 7.35. The van der Waals surface area contributed by atoms with Crippen molar-refractivity contribution in [3.8, 4) is 0 Å². The quantitative estimate of drug-likeness (QED) is 0.589. The molecular weight excluding hydrogens is 297 g/mol. The van der Waals surface area contributed by atoms with E-state index in [2.05, 4.69) is 12.2 Å². The molecule has 3 aliphatic rings. The molecule has 0 radical (unpaired) electrons. The molecule has 2 amide bonds. The van der Waals surface area contributed by atoms with Gasteiger partial charge in [-0.15, -0.1) is 0 Å². The van der Waals surface area contributed by atoms with Gasteiger partial charge in [0.25, 0.3) is 0 Å². The number of fused-ring (bicyclic) bond motifs is 5. The maximum absolute atomic E-state index is 12.6. The minimum Gasteiger partial charge on any atom is -0.274 e. The first-order chi connectivity index (χ1) is 9.59. The van der Waals surface area contributed by atoms with Crippen LogP contribution in [0, 0.1) is 23.7 Å². The number of hydrogen-bond donors (Lipinski definition) is 0. The van der Waals surface area contributed by atoms with Gasteiger partial charge >= 0.3 is 0 Å². The van der Waals surface area contributed by atoms with Crippen LogP contribution in [0.3, 0.4) is 0 Å². The van der Waals surface area contributed by atoms with Crippen LogP contribution in [-0.4, -0.2) is 11.8 Å². The number of benzene rings is 1. The van der Waals surface area contributed by atoms with Gasteiger partial charge in [-0.05, 0) is 30.4 Å². The fourth-order valence-electron chi connectivity index (χ4n) is 3.83. The van der Waals surface area contributed by atoms with E-state index in [1.54, 1.807) is 18.2 Å². The van der Waals surface area contributed by atoms with Crippen molar-refractivity contribution in [2.24, 2.45) is 23.7 Å². The van der Waals surface area contributed by atoms with Gasteiger partial charge in [0.1, 0.15) is 0 Å². The van der Waals surface area contributed by atoms with E-state index in [0.717, 1.165) is 6.42 Å². The Labute approximate surface area is 126 Å². The third-order valence-corrected chi connectivity index (χ3v) is 5.24. The molecular formula is C15H11Cl2NO2. The Kier molecular flexibility index (Phi) is 2.54. The number of anilines is 1. The summed E-state index contributed by atoms with van der Waals surface area (Å²) in [4.78, 5) is 26.5. The number of imide groups is 1. The monoisotopic (exact) mass is 307 g/mol. The number of allylic oxidation sites excluding steroid dienone is 2. The molecule has 102 valence electrons. The highest BCUT2D eigenvalue weighted by atomic mass is 35.5. The van der Waals surface area contributed by atoms with Gasteiger partial charge < -0.3 is 0 Å². The molecule has 0 N–H and O–H groups in total. The zero-order valence-corrected chi connectivity index (χ0v) is 11.9. The van der Waals surface area contributed by atoms with E-state index < -0.39 is 0 Å². The molecule has 3 nitrogen and oxygen atoms in total. The SMILES string of the molecule is O=C1[C@@H]2[C@@H](C(=O)N1c1c(Cl)cccc1Cl)[C@H]1C=C[C@H]2C1. The third kappa shape index (κ3) is 1.42. The van der Waals surface area contributed by atoms with Crippen LogP contribution in [0.15, 0.2) is 30.4 Å². The van der Waals surface area contributed by atoms with Crippen LogP contribution in [-0.2, 0) is 9.59 Å². The molecule has 0 spiro atoms. The number of para-hydroxylation sites is 1. The average Bonchev–Trinajstić information content (AvgIpc) is 3.07. The molecule has 4 atom stereocenters. The first kappa shape index (κ1) is 12.4. The largest absolute Gasteiger partial charge is 0.274 e. The van der Waals surface area contributed by atoms with Crippen LogP contribution >= 0.6 is 23.2 Å². The fraction of sp³-hybridized carbons (Fsp3) is 0.333. The summed E-state index contributed by atoms with van der Waals surface area (Å²) in [6.07, 6.45) is 5.04. The van der Waals surface area contributed by atoms with Gasteiger partial charge in [-0.1, -0.05) is 41.4 Å². The molecule has 2 bridgehead atoms. The van der Waals surface area contributed by atoms with Gasteiger partial charge in [-0.3, -0.25) is 9.59 Å². The number of nitrogens with zero attached hydrogens (tertiary/aromatic N) is 1. The molecule has 1 saturated heterocycles. The van der Waals surface area contributed by atoms with E-state index in [9.17, 15) is 9.59 Å². The summed E-state index contributed by atoms with van der Waals surface area (Å²) in [6.45, 7) is 0. The van der Waals surface area contributed by atoms with Crippen LogP contribution in [0.1, 0.15) is 6.42 Å². The van der Waals surface area contributed by atoms with Gasteiger partial charge in [0.2, 0.25) is 11.8 Å². The van der Waals surface area contributed by atoms with E-state index in [1.165, 1.54) is 4.90 Å². The van der Waals surface area contributed by atoms with E-state index in [4.69, 9.17) is 23.2 Å². The van der Waals surface area contributed by atoms with Crippen LogP contribution in [0.5, 0.6) is 0 Å². The van der Waals surface area contributed by atoms with E-state index in [1.807, 2.05) is 0 Å². The van der Waals surface area contributed by atoms with Crippen LogP contribution in [0.4, 0.5) is 5.69 Å². The highest BCUT2D eigenvalue weighted by molar-refractivity contribution is 6.42. The smallest absolute Gasteiger partial charge is 0.238 e. The van der Waals surface area contributed by atoms with E-state index in [-0.39, 0.29) is 35.5 Å². The molecule has 0 aromatic heterocycles. The molecule has 5 heteroatoms. The minimum absolute atomic E-state index is 0.160. The van der Waals surface area contributed by atoms with Crippen molar-refractivity contribution in [1.82, 2.24) is 0 Å². The van der Waals surface area contributed by atoms with Gasteiger partial charge in [0, 0.05) is 0 Å². The summed E-state index contributed by atoms with van der Waals surface area (Å²) < 4.78 is 0. The summed E-state index contributed by atoms with van der Waals surface area (Å²) in [5.41, 5.74) is 0.333. The summed E-state index contributed by atoms with van der Waals surface area (Å²) in [7, 11) is 0. The molecule has 1 heterocycles. The highest BCUT2D eigenvalue weighted by Crippen LogP contribution is 2.54. The Morgan fingerprint density at radius 3 is 1.95 bits per heavy atom. The Morgan fingerprint density at radius 1 is 0.950 bits per heavy atom. The van der Waals surface area contributed by atoms with Crippen molar-refractivity contribution >= 4 is 40.7 Å². The van der Waals surface area contributed by atoms with Crippen LogP contribution in [0.25, 0.3) is 0 Å². The Bertz CT molecular complexity index is 620. The topological polar surface area (TPSA) is 37.4 Å². The molecule has 20 heavy (non-hydrogen) atoms. The second-order valence-electron chi connectivity index (χ2n) is 5.58. The predicted octanol–water partition coefficient (Wildman–Crippen LogP) is 3.30. The molecule has 1 aromatic carbocycles. The zero-order valence-electron chi connectivity index (χ0n) is 10.4. The number of rotatable bonds is 1. The predicted molar refractivity (Wildman–Crippen MR) is 76.7 cm³/mol. The molecule has 1 aromatic rings. The molecule has 0 unspecified atom stereocenters. The molecule has 1 aliphatic heterocycles. The van der Waals surface area contributed by atoms with Gasteiger partial charge in [0.15, 0.2) is 0 Å². The lowest BCUT2D eigenvalue weighted by molar-refractivity contribution is -0.123. The zero-order chi connectivity index (χ0) is 14.0. The molecule has 1 saturated carbocycles. The van der Waals surface area contributed by atoms with E-state index >= 15 is 0 Å². The molecule has 4 rings (SSSR count). The average molecular weight is 308 g/mol. The van der Waals surface area contributed by atoms with Gasteiger partial charge in [0.05, 0.1) is 27.6 Å². The Morgan fingerprint density at radius 2 is 1.45 bits per heavy atom. The second-order valence-corrected chi connectivity index (χ2v) is 6.40. The van der Waals surface area contributed by atoms with Crippen LogP contribution in [0.2, 0.25) is 10.0 Å². The fourth-order valence-corrected chi connectivity index (χ4v) is 4.39. The van der Waals surface area contributed by atoms with Gasteiger partial charge in [-0.2, -0.15) is 0 Å². The second kappa shape index (κ2) is 4.09. The molecule has 2 aliphatic carbocycles. The number of amides is 2. The normalized spacial score (nSPS) is 34.2. The summed E-state index contributed by atoms with van der Waals surface area (Å²) in [6, 6.07) is 4.99. The maximum atomic E-state index is 12.6. The van der Waals surface area contributed by atoms with Crippen molar-refractivity contribution in [3.05, 3.63) is 40.4 Å². The summed E-state index contributed by atoms with van der Waals surface area (Å²) in [5, 5.41) is 0.666. The summed E-state index contributed by atoms with van der Waals surface area (Å²) in [5.74, 6) is -0.409. The first-order valence-electron chi connectivity index (χ1n) is 6.59. The maximum Gasteiger partial charge on any atom is 0.238 e. The Hall–Kier alpha value is -1.32. The third-order valence-electron chi connectivity index (χ3n) is 4.63. The standard InChI is InChI=1S/C15H11Cl2NO2/c16-9-2-1-3-10(17)13(9)18-14(19)11-7-4-5-8(6-7)12(11)15(18)20/h1-5,7-8,11-12H,6H2/t7-,8-,11-,12-/m0/s1. The number of hydrogen-bond acceptors (Lipinski definition) is 2. The number of halogens is 2. The summed E-state index contributed by atoms with van der Waals surface area (Å²) >= 11 is 12.3. The molecule has 2 fully saturated rings. The lowest BCUT2D eigenvalue weighted by Gasteiger charge is -2.19. The van der Waals surface area contributed by atoms with Gasteiger partial charge in [-0.25, -0.2) is 4.90 Å². The van der Waals surface area contributed by atoms with Crippen molar-refractivity contribution in [2.75, 3.05) is 4.90 Å². The van der Waals surface area contributed by atoms with E-state index in [0.29, 0.717) is 15.7 Å². The van der Waals surface area contributed by atoms with Crippen molar-refractivity contribution < 1.29 is 9.59 Å². The lowest BCUT2D eigenvalue weighted by atomic mass is 9.85. The Balaban J connectivity index is 1.82. The van der Waals surface area contributed by atoms with Crippen molar-refractivity contribution in [1.29, 1.82) is 0 Å². The van der Waals surface area contributed by atoms with Crippen LogP contribution < -0.4 is 4.90 Å². The minimum atomic E-state index is -0.232. The number of carbonyl (C=O) groups is 2. The highest BCUT2D eigenvalue weighted by Gasteiger charge is 2.60. The van der Waals surface area contributed by atoms with Crippen molar-refractivity contribution in [3.63, 3.8) is 0 Å². The lowest BCUT2D eigenvalue weighted by Crippen LogP contribution is -2.33. The number of carbonyl (C=O) groups excluding carboxylic acids is 2. The van der Waals surface area contributed by atoms with Crippen molar-refractivity contribution in [2.45, 2.75) is 6.42 Å².